The van der Waals surface area contributed by atoms with Crippen LogP contribution in [-0.4, -0.2) is 57.3 Å². The van der Waals surface area contributed by atoms with Gasteiger partial charge >= 0.3 is 5.97 Å². The summed E-state index contributed by atoms with van der Waals surface area (Å²) in [5, 5.41) is 0. The summed E-state index contributed by atoms with van der Waals surface area (Å²) in [5.41, 5.74) is 3.23. The lowest BCUT2D eigenvalue weighted by atomic mass is 9.96. The normalized spacial score (nSPS) is 14.3. The summed E-state index contributed by atoms with van der Waals surface area (Å²) in [6, 6.07) is 20.0. The molecule has 0 saturated heterocycles. The second-order valence-corrected chi connectivity index (χ2v) is 11.8. The highest BCUT2D eigenvalue weighted by Gasteiger charge is 2.33. The fraction of sp³-hybridized carbons (Fsp3) is 0.324. The molecule has 0 bridgehead atoms. The minimum Gasteiger partial charge on any atom is -0.497 e. The number of carbonyl (C=O) groups is 1. The molecule has 10 nitrogen and oxygen atoms in total. The SMILES string of the molecule is CCOC(=O)C1=C(C)N=c2s/c(=C/c3ccc(OCCOCCOc4ccc(C)cc4)c(OCC)c3)c(=O)n2C1c1ccc(OC)cc1. The van der Waals surface area contributed by atoms with E-state index in [9.17, 15) is 9.59 Å². The van der Waals surface area contributed by atoms with Gasteiger partial charge in [0.2, 0.25) is 0 Å². The summed E-state index contributed by atoms with van der Waals surface area (Å²) in [6.07, 6.45) is 1.79. The first-order chi connectivity index (χ1) is 23.3. The van der Waals surface area contributed by atoms with E-state index in [1.165, 1.54) is 16.9 Å². The van der Waals surface area contributed by atoms with Crippen LogP contribution in [0.2, 0.25) is 0 Å². The van der Waals surface area contributed by atoms with E-state index in [1.54, 1.807) is 43.7 Å². The molecule has 0 amide bonds. The number of thiazole rings is 1. The second kappa shape index (κ2) is 16.3. The average Bonchev–Trinajstić information content (AvgIpc) is 3.39. The lowest BCUT2D eigenvalue weighted by molar-refractivity contribution is -0.139. The number of ether oxygens (including phenoxy) is 6. The molecule has 1 aliphatic rings. The maximum Gasteiger partial charge on any atom is 0.338 e. The third-order valence-electron chi connectivity index (χ3n) is 7.52. The minimum absolute atomic E-state index is 0.202. The van der Waals surface area contributed by atoms with Crippen LogP contribution >= 0.6 is 11.3 Å². The highest BCUT2D eigenvalue weighted by molar-refractivity contribution is 7.07. The molecule has 5 rings (SSSR count). The molecule has 0 saturated carbocycles. The van der Waals surface area contributed by atoms with Crippen LogP contribution in [0.3, 0.4) is 0 Å². The highest BCUT2D eigenvalue weighted by atomic mass is 32.1. The summed E-state index contributed by atoms with van der Waals surface area (Å²) in [5.74, 6) is 2.09. The Kier molecular flexibility index (Phi) is 11.7. The first kappa shape index (κ1) is 34.5. The Hall–Kier alpha value is -4.87. The number of esters is 1. The van der Waals surface area contributed by atoms with Crippen molar-refractivity contribution in [1.29, 1.82) is 0 Å². The maximum absolute atomic E-state index is 14.0. The zero-order valence-corrected chi connectivity index (χ0v) is 28.6. The Bertz CT molecular complexity index is 1930. The number of allylic oxidation sites excluding steroid dienone is 1. The first-order valence-electron chi connectivity index (χ1n) is 15.8. The molecule has 0 aliphatic carbocycles. The Balaban J connectivity index is 1.33. The number of hydrogen-bond acceptors (Lipinski definition) is 10. The average molecular weight is 673 g/mol. The van der Waals surface area contributed by atoms with Crippen molar-refractivity contribution in [1.82, 2.24) is 4.57 Å². The zero-order valence-electron chi connectivity index (χ0n) is 27.8. The van der Waals surface area contributed by atoms with Crippen LogP contribution in [0.25, 0.3) is 6.08 Å². The fourth-order valence-electron chi connectivity index (χ4n) is 5.21. The van der Waals surface area contributed by atoms with Crippen molar-refractivity contribution < 1.29 is 33.2 Å². The largest absolute Gasteiger partial charge is 0.497 e. The van der Waals surface area contributed by atoms with E-state index in [0.717, 1.165) is 16.9 Å². The van der Waals surface area contributed by atoms with Gasteiger partial charge in [0.25, 0.3) is 5.56 Å². The van der Waals surface area contributed by atoms with E-state index >= 15 is 0 Å². The molecule has 48 heavy (non-hydrogen) atoms. The van der Waals surface area contributed by atoms with Gasteiger partial charge in [0.05, 0.1) is 55.4 Å². The molecule has 0 N–H and O–H groups in total. The van der Waals surface area contributed by atoms with Crippen LogP contribution in [0.4, 0.5) is 0 Å². The van der Waals surface area contributed by atoms with Crippen LogP contribution in [0, 0.1) is 6.92 Å². The van der Waals surface area contributed by atoms with E-state index in [0.29, 0.717) is 70.9 Å². The molecule has 0 fully saturated rings. The van der Waals surface area contributed by atoms with Gasteiger partial charge in [-0.1, -0.05) is 47.2 Å². The molecule has 4 aromatic rings. The molecule has 1 atom stereocenters. The molecule has 2 heterocycles. The van der Waals surface area contributed by atoms with Gasteiger partial charge < -0.3 is 28.4 Å². The molecule has 3 aromatic carbocycles. The number of nitrogens with zero attached hydrogens (tertiary/aromatic N) is 2. The van der Waals surface area contributed by atoms with Crippen LogP contribution < -0.4 is 33.8 Å². The van der Waals surface area contributed by atoms with Crippen molar-refractivity contribution in [2.24, 2.45) is 4.99 Å². The Labute approximate surface area is 283 Å². The van der Waals surface area contributed by atoms with Gasteiger partial charge in [-0.25, -0.2) is 9.79 Å². The zero-order chi connectivity index (χ0) is 34.0. The lowest BCUT2D eigenvalue weighted by Crippen LogP contribution is -2.39. The van der Waals surface area contributed by atoms with Crippen LogP contribution in [0.15, 0.2) is 87.8 Å². The molecule has 252 valence electrons. The van der Waals surface area contributed by atoms with Gasteiger partial charge in [0.1, 0.15) is 24.7 Å². The monoisotopic (exact) mass is 672 g/mol. The lowest BCUT2D eigenvalue weighted by Gasteiger charge is -2.24. The quantitative estimate of drug-likeness (QED) is 0.129. The van der Waals surface area contributed by atoms with Crippen LogP contribution in [-0.2, 0) is 14.3 Å². The van der Waals surface area contributed by atoms with Gasteiger partial charge in [-0.2, -0.15) is 0 Å². The third kappa shape index (κ3) is 8.15. The van der Waals surface area contributed by atoms with Crippen molar-refractivity contribution in [2.75, 3.05) is 46.8 Å². The van der Waals surface area contributed by atoms with Gasteiger partial charge in [0.15, 0.2) is 16.3 Å². The summed E-state index contributed by atoms with van der Waals surface area (Å²) < 4.78 is 35.9. The number of hydrogen-bond donors (Lipinski definition) is 0. The van der Waals surface area contributed by atoms with E-state index in [4.69, 9.17) is 28.4 Å². The smallest absolute Gasteiger partial charge is 0.338 e. The molecule has 11 heteroatoms. The van der Waals surface area contributed by atoms with E-state index < -0.39 is 12.0 Å². The fourth-order valence-corrected chi connectivity index (χ4v) is 6.26. The summed E-state index contributed by atoms with van der Waals surface area (Å²) in [6.45, 7) is 9.67. The minimum atomic E-state index is -0.709. The molecule has 0 spiro atoms. The van der Waals surface area contributed by atoms with E-state index in [2.05, 4.69) is 4.99 Å². The van der Waals surface area contributed by atoms with Crippen molar-refractivity contribution in [3.8, 4) is 23.0 Å². The maximum atomic E-state index is 14.0. The summed E-state index contributed by atoms with van der Waals surface area (Å²) in [7, 11) is 1.59. The van der Waals surface area contributed by atoms with Crippen molar-refractivity contribution in [3.05, 3.63) is 114 Å². The van der Waals surface area contributed by atoms with Gasteiger partial charge in [-0.05, 0) is 81.3 Å². The van der Waals surface area contributed by atoms with Gasteiger partial charge in [-0.3, -0.25) is 9.36 Å². The number of benzene rings is 3. The number of fused-ring (bicyclic) bond motifs is 1. The molecule has 1 aliphatic heterocycles. The van der Waals surface area contributed by atoms with Gasteiger partial charge in [-0.15, -0.1) is 0 Å². The summed E-state index contributed by atoms with van der Waals surface area (Å²) >= 11 is 1.26. The Morgan fingerprint density at radius 2 is 1.56 bits per heavy atom. The van der Waals surface area contributed by atoms with Crippen molar-refractivity contribution in [2.45, 2.75) is 33.7 Å². The number of methoxy groups -OCH3 is 1. The second-order valence-electron chi connectivity index (χ2n) is 10.8. The van der Waals surface area contributed by atoms with E-state index in [1.807, 2.05) is 68.4 Å². The van der Waals surface area contributed by atoms with Crippen LogP contribution in [0.5, 0.6) is 23.0 Å². The third-order valence-corrected chi connectivity index (χ3v) is 8.50. The summed E-state index contributed by atoms with van der Waals surface area (Å²) in [4.78, 5) is 32.3. The van der Waals surface area contributed by atoms with E-state index in [-0.39, 0.29) is 12.2 Å². The number of aryl methyl sites for hydroxylation is 1. The molecule has 1 aromatic heterocycles. The Morgan fingerprint density at radius 3 is 2.25 bits per heavy atom. The topological polar surface area (TPSA) is 107 Å². The number of rotatable bonds is 15. The molecular weight excluding hydrogens is 632 g/mol. The molecular formula is C37H40N2O8S. The van der Waals surface area contributed by atoms with Crippen molar-refractivity contribution >= 4 is 23.4 Å². The highest BCUT2D eigenvalue weighted by Crippen LogP contribution is 2.32. The molecule has 1 unspecified atom stereocenters. The number of carbonyl (C=O) groups excluding carboxylic acids is 1. The predicted octanol–water partition coefficient (Wildman–Crippen LogP) is 4.99. The Morgan fingerprint density at radius 1 is 0.854 bits per heavy atom. The predicted molar refractivity (Wildman–Crippen MR) is 184 cm³/mol. The van der Waals surface area contributed by atoms with Crippen molar-refractivity contribution in [3.63, 3.8) is 0 Å². The standard InChI is InChI=1S/C37H40N2O8S/c1-6-44-31-22-26(10-17-30(31)47-21-19-43-18-20-46-29-13-8-24(3)9-14-29)23-32-35(40)39-34(27-11-15-28(42-5)16-12-27)33(36(41)45-7-2)25(4)38-37(39)48-32/h8-17,22-23,34H,6-7,18-21H2,1-5H3/b32-23+. The van der Waals surface area contributed by atoms with Crippen LogP contribution in [0.1, 0.15) is 43.5 Å². The number of aromatic nitrogens is 1. The first-order valence-corrected chi connectivity index (χ1v) is 16.6. The van der Waals surface area contributed by atoms with Gasteiger partial charge in [0, 0.05) is 0 Å². The molecule has 0 radical (unpaired) electrons.